The van der Waals surface area contributed by atoms with Gasteiger partial charge in [0.25, 0.3) is 0 Å². The molecule has 5 nitrogen and oxygen atoms in total. The third kappa shape index (κ3) is 3.89. The van der Waals surface area contributed by atoms with E-state index in [0.29, 0.717) is 29.0 Å². The number of fused-ring (bicyclic) bond motifs is 1. The number of carboxylic acid groups (broad SMARTS) is 1. The maximum absolute atomic E-state index is 11.7. The van der Waals surface area contributed by atoms with Crippen molar-refractivity contribution in [3.05, 3.63) is 90.0 Å². The maximum Gasteiger partial charge on any atom is 0.145 e. The van der Waals surface area contributed by atoms with Gasteiger partial charge in [0.1, 0.15) is 23.6 Å². The van der Waals surface area contributed by atoms with Crippen molar-refractivity contribution in [2.75, 3.05) is 7.11 Å². The van der Waals surface area contributed by atoms with Gasteiger partial charge in [-0.05, 0) is 42.0 Å². The van der Waals surface area contributed by atoms with E-state index in [-0.39, 0.29) is 5.56 Å². The van der Waals surface area contributed by atoms with E-state index < -0.39 is 5.97 Å². The van der Waals surface area contributed by atoms with Crippen LogP contribution in [-0.2, 0) is 6.61 Å². The second kappa shape index (κ2) is 8.02. The molecule has 0 spiro atoms. The predicted octanol–water partition coefficient (Wildman–Crippen LogP) is 3.85. The number of hydrogen-bond acceptors (Lipinski definition) is 5. The zero-order valence-electron chi connectivity index (χ0n) is 15.8. The van der Waals surface area contributed by atoms with Crippen LogP contribution in [0.3, 0.4) is 0 Å². The molecule has 4 aromatic rings. The van der Waals surface area contributed by atoms with Gasteiger partial charge in [-0.25, -0.2) is 4.98 Å². The average molecular weight is 384 g/mol. The molecule has 0 N–H and O–H groups in total. The van der Waals surface area contributed by atoms with Crippen molar-refractivity contribution >= 4 is 16.9 Å². The number of carbonyl (C=O) groups excluding carboxylic acids is 1. The molecule has 3 aromatic carbocycles. The van der Waals surface area contributed by atoms with Crippen LogP contribution in [0.15, 0.2) is 78.9 Å². The summed E-state index contributed by atoms with van der Waals surface area (Å²) in [6.07, 6.45) is 0. The summed E-state index contributed by atoms with van der Waals surface area (Å²) in [7, 11) is 1.53. The number of ether oxygens (including phenoxy) is 2. The highest BCUT2D eigenvalue weighted by molar-refractivity contribution is 6.04. The van der Waals surface area contributed by atoms with Crippen LogP contribution in [0.4, 0.5) is 0 Å². The van der Waals surface area contributed by atoms with Crippen molar-refractivity contribution in [3.8, 4) is 22.8 Å². The van der Waals surface area contributed by atoms with Gasteiger partial charge in [-0.3, -0.25) is 0 Å². The number of nitrogens with zero attached hydrogens (tertiary/aromatic N) is 1. The average Bonchev–Trinajstić information content (AvgIpc) is 2.77. The van der Waals surface area contributed by atoms with E-state index in [4.69, 9.17) is 9.47 Å². The second-order valence-electron chi connectivity index (χ2n) is 6.50. The Morgan fingerprint density at radius 1 is 0.966 bits per heavy atom. The van der Waals surface area contributed by atoms with E-state index in [1.807, 2.05) is 54.6 Å². The molecule has 0 aliphatic rings. The van der Waals surface area contributed by atoms with Crippen molar-refractivity contribution in [1.29, 1.82) is 0 Å². The molecule has 0 aliphatic heterocycles. The molecule has 144 valence electrons. The lowest BCUT2D eigenvalue weighted by molar-refractivity contribution is -0.254. The Bertz CT molecular complexity index is 1150. The van der Waals surface area contributed by atoms with Gasteiger partial charge >= 0.3 is 0 Å². The summed E-state index contributed by atoms with van der Waals surface area (Å²) in [5, 5.41) is 12.2. The molecule has 0 unspecified atom stereocenters. The van der Waals surface area contributed by atoms with E-state index in [2.05, 4.69) is 4.98 Å². The first-order valence-corrected chi connectivity index (χ1v) is 9.12. The fourth-order valence-electron chi connectivity index (χ4n) is 3.17. The standard InChI is InChI=1S/C24H19NO4/c1-28-22-9-5-8-19-20(24(26)27)14-21(25-23(19)22)17-10-12-18(13-11-17)29-15-16-6-3-2-4-7-16/h2-14H,15H2,1H3,(H,26,27)/p-1. The van der Waals surface area contributed by atoms with Gasteiger partial charge in [0, 0.05) is 16.5 Å². The zero-order chi connectivity index (χ0) is 20.2. The molecule has 29 heavy (non-hydrogen) atoms. The number of aromatic carboxylic acids is 1. The van der Waals surface area contributed by atoms with Gasteiger partial charge in [0.2, 0.25) is 0 Å². The Kier molecular flexibility index (Phi) is 5.12. The largest absolute Gasteiger partial charge is 0.545 e. The summed E-state index contributed by atoms with van der Waals surface area (Å²) >= 11 is 0. The fourth-order valence-corrected chi connectivity index (χ4v) is 3.17. The Morgan fingerprint density at radius 2 is 1.72 bits per heavy atom. The van der Waals surface area contributed by atoms with E-state index >= 15 is 0 Å². The fraction of sp³-hybridized carbons (Fsp3) is 0.0833. The number of rotatable bonds is 6. The lowest BCUT2D eigenvalue weighted by atomic mass is 10.0. The molecular formula is C24H18NO4-. The van der Waals surface area contributed by atoms with Gasteiger partial charge in [-0.2, -0.15) is 0 Å². The van der Waals surface area contributed by atoms with Crippen LogP contribution in [-0.4, -0.2) is 18.1 Å². The van der Waals surface area contributed by atoms with Crippen molar-refractivity contribution < 1.29 is 19.4 Å². The predicted molar refractivity (Wildman–Crippen MR) is 109 cm³/mol. The molecule has 1 aromatic heterocycles. The van der Waals surface area contributed by atoms with E-state index in [1.54, 1.807) is 18.2 Å². The number of benzene rings is 3. The van der Waals surface area contributed by atoms with Gasteiger partial charge in [-0.15, -0.1) is 0 Å². The molecule has 4 rings (SSSR count). The molecule has 5 heteroatoms. The molecule has 0 aliphatic carbocycles. The van der Waals surface area contributed by atoms with Crippen LogP contribution in [0.2, 0.25) is 0 Å². The van der Waals surface area contributed by atoms with Crippen LogP contribution in [0.5, 0.6) is 11.5 Å². The monoisotopic (exact) mass is 384 g/mol. The van der Waals surface area contributed by atoms with E-state index in [0.717, 1.165) is 16.9 Å². The van der Waals surface area contributed by atoms with Crippen molar-refractivity contribution in [2.45, 2.75) is 6.61 Å². The number of carboxylic acids is 1. The molecular weight excluding hydrogens is 366 g/mol. The first-order chi connectivity index (χ1) is 14.2. The summed E-state index contributed by atoms with van der Waals surface area (Å²) < 4.78 is 11.2. The lowest BCUT2D eigenvalue weighted by Crippen LogP contribution is -2.22. The first-order valence-electron chi connectivity index (χ1n) is 9.12. The Labute approximate surface area is 168 Å². The Hall–Kier alpha value is -3.86. The molecule has 0 atom stereocenters. The molecule has 1 heterocycles. The minimum atomic E-state index is -1.25. The first kappa shape index (κ1) is 18.5. The van der Waals surface area contributed by atoms with E-state index in [9.17, 15) is 9.90 Å². The van der Waals surface area contributed by atoms with Gasteiger partial charge in [0.15, 0.2) is 0 Å². The highest BCUT2D eigenvalue weighted by Gasteiger charge is 2.12. The molecule has 0 radical (unpaired) electrons. The maximum atomic E-state index is 11.7. The SMILES string of the molecule is COc1cccc2c(C(=O)[O-])cc(-c3ccc(OCc4ccccc4)cc3)nc12. The van der Waals surface area contributed by atoms with Crippen LogP contribution in [0.25, 0.3) is 22.2 Å². The second-order valence-corrected chi connectivity index (χ2v) is 6.50. The number of aromatic nitrogens is 1. The number of para-hydroxylation sites is 1. The summed E-state index contributed by atoms with van der Waals surface area (Å²) in [5.74, 6) is -0.0273. The molecule has 0 saturated carbocycles. The topological polar surface area (TPSA) is 71.5 Å². The van der Waals surface area contributed by atoms with Crippen molar-refractivity contribution in [3.63, 3.8) is 0 Å². The molecule has 0 amide bonds. The van der Waals surface area contributed by atoms with Crippen LogP contribution in [0, 0.1) is 0 Å². The summed E-state index contributed by atoms with van der Waals surface area (Å²) in [4.78, 5) is 16.3. The zero-order valence-corrected chi connectivity index (χ0v) is 15.8. The Balaban J connectivity index is 1.66. The third-order valence-electron chi connectivity index (χ3n) is 4.64. The molecule has 0 bridgehead atoms. The summed E-state index contributed by atoms with van der Waals surface area (Å²) in [6.45, 7) is 0.473. The summed E-state index contributed by atoms with van der Waals surface area (Å²) in [6, 6.07) is 24.0. The van der Waals surface area contributed by atoms with Gasteiger partial charge in [-0.1, -0.05) is 42.5 Å². The normalized spacial score (nSPS) is 10.7. The highest BCUT2D eigenvalue weighted by Crippen LogP contribution is 2.30. The van der Waals surface area contributed by atoms with Gasteiger partial charge in [0.05, 0.1) is 18.8 Å². The third-order valence-corrected chi connectivity index (χ3v) is 4.64. The summed E-state index contributed by atoms with van der Waals surface area (Å²) in [5.41, 5.74) is 2.94. The van der Waals surface area contributed by atoms with Gasteiger partial charge < -0.3 is 19.4 Å². The smallest absolute Gasteiger partial charge is 0.145 e. The number of hydrogen-bond donors (Lipinski definition) is 0. The molecule has 0 fully saturated rings. The number of carbonyl (C=O) groups is 1. The lowest BCUT2D eigenvalue weighted by Gasteiger charge is -2.13. The quantitative estimate of drug-likeness (QED) is 0.505. The van der Waals surface area contributed by atoms with Crippen LogP contribution < -0.4 is 14.6 Å². The number of methoxy groups -OCH3 is 1. The highest BCUT2D eigenvalue weighted by atomic mass is 16.5. The van der Waals surface area contributed by atoms with Crippen molar-refractivity contribution in [1.82, 2.24) is 4.98 Å². The Morgan fingerprint density at radius 3 is 2.41 bits per heavy atom. The number of pyridine rings is 1. The van der Waals surface area contributed by atoms with Crippen LogP contribution >= 0.6 is 0 Å². The molecule has 0 saturated heterocycles. The minimum absolute atomic E-state index is 0.0771. The van der Waals surface area contributed by atoms with Crippen molar-refractivity contribution in [2.24, 2.45) is 0 Å². The van der Waals surface area contributed by atoms with Crippen LogP contribution in [0.1, 0.15) is 15.9 Å². The van der Waals surface area contributed by atoms with E-state index in [1.165, 1.54) is 13.2 Å². The minimum Gasteiger partial charge on any atom is -0.545 e.